The number of hydrogen-bond acceptors (Lipinski definition) is 6. The van der Waals surface area contributed by atoms with Gasteiger partial charge in [-0.05, 0) is 38.0 Å². The summed E-state index contributed by atoms with van der Waals surface area (Å²) in [5.41, 5.74) is -0.561. The molecule has 4 saturated carbocycles. The van der Waals surface area contributed by atoms with Gasteiger partial charge < -0.3 is 15.4 Å². The van der Waals surface area contributed by atoms with E-state index in [1.165, 1.54) is 12.4 Å². The molecule has 2 bridgehead atoms. The number of aromatic amines is 1. The second-order valence-corrected chi connectivity index (χ2v) is 9.42. The fourth-order valence-corrected chi connectivity index (χ4v) is 5.26. The molecule has 34 heavy (non-hydrogen) atoms. The first-order valence-electron chi connectivity index (χ1n) is 11.1. The Hall–Kier alpha value is -3.38. The average molecular weight is 479 g/mol. The predicted octanol–water partition coefficient (Wildman–Crippen LogP) is 4.08. The van der Waals surface area contributed by atoms with Crippen LogP contribution in [0.15, 0.2) is 24.5 Å². The quantitative estimate of drug-likeness (QED) is 0.476. The van der Waals surface area contributed by atoms with Crippen LogP contribution < -0.4 is 10.6 Å². The molecule has 4 aliphatic carbocycles. The standard InChI is InChI=1S/C21H21F4N7O2/c22-17-11(1-2-14(17)34-19(33)28-20-7-10(8-20)9-20)12-5-16(30-29-12)27-18-13-6-15(21(23,24)25)31-32(13)4-3-26-18/h3-6,10-11,14,17H,1-2,7-9H2,(H,28,33)(H2,26,27,29,30)/t10?,11-,14-,17-,20?/m1/s1. The molecule has 0 radical (unpaired) electrons. The Morgan fingerprint density at radius 2 is 2.03 bits per heavy atom. The van der Waals surface area contributed by atoms with E-state index in [1.54, 1.807) is 6.07 Å². The zero-order valence-corrected chi connectivity index (χ0v) is 17.8. The second kappa shape index (κ2) is 7.31. The average Bonchev–Trinajstić information content (AvgIpc) is 3.43. The topological polar surface area (TPSA) is 109 Å². The first-order chi connectivity index (χ1) is 16.2. The van der Waals surface area contributed by atoms with E-state index >= 15 is 4.39 Å². The molecule has 7 rings (SSSR count). The summed E-state index contributed by atoms with van der Waals surface area (Å²) in [5, 5.41) is 16.1. The lowest BCUT2D eigenvalue weighted by molar-refractivity contribution is -0.141. The van der Waals surface area contributed by atoms with Gasteiger partial charge in [0.1, 0.15) is 17.8 Å². The molecule has 3 atom stereocenters. The van der Waals surface area contributed by atoms with Crippen molar-refractivity contribution in [3.05, 3.63) is 35.9 Å². The second-order valence-electron chi connectivity index (χ2n) is 9.42. The third-order valence-electron chi connectivity index (χ3n) is 7.09. The van der Waals surface area contributed by atoms with E-state index in [1.807, 2.05) is 0 Å². The Morgan fingerprint density at radius 1 is 1.24 bits per heavy atom. The van der Waals surface area contributed by atoms with E-state index in [2.05, 4.69) is 30.9 Å². The third kappa shape index (κ3) is 3.53. The molecule has 0 aliphatic heterocycles. The van der Waals surface area contributed by atoms with E-state index in [0.29, 0.717) is 24.5 Å². The minimum Gasteiger partial charge on any atom is -0.443 e. The number of alkyl halides is 4. The van der Waals surface area contributed by atoms with Crippen LogP contribution in [0.4, 0.5) is 34.0 Å². The SMILES string of the molecule is O=C(NC12CC(C1)C2)O[C@@H]1CC[C@H](c2cc(Nc3nccn4nc(C(F)(F)F)cc34)n[nH]2)[C@H]1F. The molecule has 3 heterocycles. The Bertz CT molecular complexity index is 1240. The minimum absolute atomic E-state index is 0.117. The maximum Gasteiger partial charge on any atom is 0.435 e. The van der Waals surface area contributed by atoms with Gasteiger partial charge in [-0.2, -0.15) is 23.4 Å². The molecular weight excluding hydrogens is 458 g/mol. The van der Waals surface area contributed by atoms with Gasteiger partial charge in [-0.3, -0.25) is 5.10 Å². The van der Waals surface area contributed by atoms with E-state index in [0.717, 1.165) is 29.8 Å². The number of amides is 1. The van der Waals surface area contributed by atoms with Gasteiger partial charge in [-0.1, -0.05) is 0 Å². The predicted molar refractivity (Wildman–Crippen MR) is 110 cm³/mol. The first kappa shape index (κ1) is 21.2. The van der Waals surface area contributed by atoms with Crippen molar-refractivity contribution in [3.8, 4) is 0 Å². The zero-order valence-electron chi connectivity index (χ0n) is 17.8. The smallest absolute Gasteiger partial charge is 0.435 e. The molecule has 0 unspecified atom stereocenters. The number of ether oxygens (including phenoxy) is 1. The molecule has 3 N–H and O–H groups in total. The highest BCUT2D eigenvalue weighted by molar-refractivity contribution is 5.72. The Labute approximate surface area is 190 Å². The van der Waals surface area contributed by atoms with E-state index in [-0.39, 0.29) is 22.7 Å². The molecule has 13 heteroatoms. The third-order valence-corrected chi connectivity index (χ3v) is 7.09. The summed E-state index contributed by atoms with van der Waals surface area (Å²) in [6.45, 7) is 0. The molecule has 0 saturated heterocycles. The van der Waals surface area contributed by atoms with Crippen LogP contribution in [0.2, 0.25) is 0 Å². The molecule has 4 fully saturated rings. The van der Waals surface area contributed by atoms with Gasteiger partial charge in [-0.15, -0.1) is 0 Å². The van der Waals surface area contributed by atoms with Crippen molar-refractivity contribution in [3.63, 3.8) is 0 Å². The van der Waals surface area contributed by atoms with Gasteiger partial charge in [0.15, 0.2) is 17.3 Å². The molecule has 1 amide bonds. The van der Waals surface area contributed by atoms with Crippen LogP contribution in [-0.4, -0.2) is 48.7 Å². The molecule has 0 aromatic carbocycles. The molecule has 9 nitrogen and oxygen atoms in total. The summed E-state index contributed by atoms with van der Waals surface area (Å²) in [4.78, 5) is 16.3. The number of fused-ring (bicyclic) bond motifs is 1. The Balaban J connectivity index is 1.12. The zero-order chi connectivity index (χ0) is 23.7. The number of anilines is 2. The summed E-state index contributed by atoms with van der Waals surface area (Å²) < 4.78 is 60.5. The molecule has 4 aliphatic rings. The number of rotatable bonds is 5. The minimum atomic E-state index is -4.59. The molecule has 180 valence electrons. The van der Waals surface area contributed by atoms with Crippen LogP contribution in [0.5, 0.6) is 0 Å². The number of halogens is 4. The largest absolute Gasteiger partial charge is 0.443 e. The Kier molecular flexibility index (Phi) is 4.55. The summed E-state index contributed by atoms with van der Waals surface area (Å²) in [6.07, 6.45) is -1.05. The highest BCUT2D eigenvalue weighted by Crippen LogP contribution is 2.57. The van der Waals surface area contributed by atoms with Gasteiger partial charge >= 0.3 is 12.3 Å². The number of hydrogen-bond donors (Lipinski definition) is 3. The summed E-state index contributed by atoms with van der Waals surface area (Å²) >= 11 is 0. The lowest BCUT2D eigenvalue weighted by Crippen LogP contribution is -2.68. The highest BCUT2D eigenvalue weighted by Gasteiger charge is 2.58. The van der Waals surface area contributed by atoms with Crippen molar-refractivity contribution >= 4 is 23.2 Å². The summed E-state index contributed by atoms with van der Waals surface area (Å²) in [5.74, 6) is 0.545. The maximum atomic E-state index is 15.1. The van der Waals surface area contributed by atoms with Crippen LogP contribution in [0.1, 0.15) is 49.4 Å². The van der Waals surface area contributed by atoms with Gasteiger partial charge in [0.2, 0.25) is 0 Å². The summed E-state index contributed by atoms with van der Waals surface area (Å²) in [7, 11) is 0. The molecular formula is C21H21F4N7O2. The number of nitrogens with zero attached hydrogens (tertiary/aromatic N) is 4. The number of nitrogens with one attached hydrogen (secondary N) is 3. The van der Waals surface area contributed by atoms with Crippen LogP contribution in [-0.2, 0) is 10.9 Å². The van der Waals surface area contributed by atoms with Gasteiger partial charge in [-0.25, -0.2) is 18.7 Å². The van der Waals surface area contributed by atoms with E-state index in [9.17, 15) is 18.0 Å². The summed E-state index contributed by atoms with van der Waals surface area (Å²) in [6, 6.07) is 2.46. The van der Waals surface area contributed by atoms with Crippen molar-refractivity contribution in [2.24, 2.45) is 5.92 Å². The van der Waals surface area contributed by atoms with Crippen molar-refractivity contribution < 1.29 is 27.1 Å². The fraction of sp³-hybridized carbons (Fsp3) is 0.524. The normalized spacial score (nSPS) is 30.0. The van der Waals surface area contributed by atoms with Crippen LogP contribution in [0, 0.1) is 5.92 Å². The van der Waals surface area contributed by atoms with Gasteiger partial charge in [0, 0.05) is 41.7 Å². The van der Waals surface area contributed by atoms with Crippen LogP contribution in [0.3, 0.4) is 0 Å². The van der Waals surface area contributed by atoms with Crippen molar-refractivity contribution in [2.45, 2.75) is 62.0 Å². The van der Waals surface area contributed by atoms with Gasteiger partial charge in [0.05, 0.1) is 0 Å². The van der Waals surface area contributed by atoms with Gasteiger partial charge in [0.25, 0.3) is 0 Å². The van der Waals surface area contributed by atoms with Crippen molar-refractivity contribution in [1.82, 2.24) is 30.1 Å². The number of aromatic nitrogens is 5. The van der Waals surface area contributed by atoms with Crippen LogP contribution in [0.25, 0.3) is 5.52 Å². The maximum absolute atomic E-state index is 15.1. The van der Waals surface area contributed by atoms with Crippen molar-refractivity contribution in [2.75, 3.05) is 5.32 Å². The fourth-order valence-electron chi connectivity index (χ4n) is 5.26. The van der Waals surface area contributed by atoms with E-state index in [4.69, 9.17) is 4.74 Å². The molecule has 3 aromatic rings. The number of carbonyl (C=O) groups excluding carboxylic acids is 1. The highest BCUT2D eigenvalue weighted by atomic mass is 19.4. The van der Waals surface area contributed by atoms with Crippen LogP contribution >= 0.6 is 0 Å². The number of H-pyrrole nitrogens is 1. The lowest BCUT2D eigenvalue weighted by atomic mass is 9.50. The monoisotopic (exact) mass is 479 g/mol. The first-order valence-corrected chi connectivity index (χ1v) is 11.1. The number of alkyl carbamates (subject to hydrolysis) is 1. The lowest BCUT2D eigenvalue weighted by Gasteiger charge is -2.61. The van der Waals surface area contributed by atoms with Crippen molar-refractivity contribution in [1.29, 1.82) is 0 Å². The van der Waals surface area contributed by atoms with E-state index < -0.39 is 36.2 Å². The number of carbonyl (C=O) groups is 1. The Morgan fingerprint density at radius 3 is 2.74 bits per heavy atom. The molecule has 3 aromatic heterocycles. The molecule has 0 spiro atoms.